The molecule has 30 heavy (non-hydrogen) atoms. The Morgan fingerprint density at radius 2 is 1.97 bits per heavy atom. The summed E-state index contributed by atoms with van der Waals surface area (Å²) in [7, 11) is 0. The van der Waals surface area contributed by atoms with Gasteiger partial charge in [-0.3, -0.25) is 4.99 Å². The number of nitrogens with one attached hydrogen (secondary N) is 2. The predicted molar refractivity (Wildman–Crippen MR) is 129 cm³/mol. The van der Waals surface area contributed by atoms with Crippen LogP contribution in [0.2, 0.25) is 0 Å². The lowest BCUT2D eigenvalue weighted by Gasteiger charge is -2.34. The number of pyridine rings is 1. The van der Waals surface area contributed by atoms with E-state index < -0.39 is 11.6 Å². The number of rotatable bonds is 6. The Hall–Kier alpha value is -1.97. The van der Waals surface area contributed by atoms with Crippen LogP contribution in [0.4, 0.5) is 14.6 Å². The first-order chi connectivity index (χ1) is 14.0. The van der Waals surface area contributed by atoms with Gasteiger partial charge >= 0.3 is 0 Å². The standard InChI is InChI=1S/C22H29F2N5.HI/c1-3-25-22(26-12-9-17-7-8-18(23)15-20(17)24)28-19-10-13-29(14-11-19)21-6-4-5-16(2)27-21;/h4-8,15,19H,3,9-14H2,1-2H3,(H2,25,26,28);1H. The summed E-state index contributed by atoms with van der Waals surface area (Å²) in [6, 6.07) is 10.1. The van der Waals surface area contributed by atoms with Gasteiger partial charge in [0.1, 0.15) is 17.5 Å². The van der Waals surface area contributed by atoms with Gasteiger partial charge in [0.15, 0.2) is 5.96 Å². The minimum atomic E-state index is -0.558. The molecule has 0 aliphatic carbocycles. The highest BCUT2D eigenvalue weighted by atomic mass is 127. The number of hydrogen-bond donors (Lipinski definition) is 2. The number of guanidine groups is 1. The molecule has 2 N–H and O–H groups in total. The van der Waals surface area contributed by atoms with Crippen molar-refractivity contribution in [2.45, 2.75) is 39.2 Å². The van der Waals surface area contributed by atoms with Crippen LogP contribution < -0.4 is 15.5 Å². The summed E-state index contributed by atoms with van der Waals surface area (Å²) < 4.78 is 26.8. The van der Waals surface area contributed by atoms with Crippen LogP contribution in [0.1, 0.15) is 31.0 Å². The van der Waals surface area contributed by atoms with Crippen molar-refractivity contribution < 1.29 is 8.78 Å². The van der Waals surface area contributed by atoms with E-state index in [1.807, 2.05) is 26.0 Å². The molecular formula is C22H30F2IN5. The van der Waals surface area contributed by atoms with E-state index in [9.17, 15) is 8.78 Å². The number of aliphatic imine (C=N–C) groups is 1. The molecule has 164 valence electrons. The second-order valence-corrected chi connectivity index (χ2v) is 7.29. The Morgan fingerprint density at radius 1 is 1.20 bits per heavy atom. The van der Waals surface area contributed by atoms with Crippen molar-refractivity contribution in [2.24, 2.45) is 4.99 Å². The van der Waals surface area contributed by atoms with Gasteiger partial charge in [-0.05, 0) is 56.9 Å². The summed E-state index contributed by atoms with van der Waals surface area (Å²) >= 11 is 0. The molecule has 0 radical (unpaired) electrons. The zero-order valence-electron chi connectivity index (χ0n) is 17.5. The Kier molecular flexibility index (Phi) is 9.74. The second kappa shape index (κ2) is 12.0. The molecule has 1 aromatic carbocycles. The molecule has 1 saturated heterocycles. The molecule has 1 aliphatic heterocycles. The maximum atomic E-state index is 13.8. The molecule has 3 rings (SSSR count). The lowest BCUT2D eigenvalue weighted by Crippen LogP contribution is -2.49. The normalized spacial score (nSPS) is 14.9. The third kappa shape index (κ3) is 7.07. The van der Waals surface area contributed by atoms with Crippen molar-refractivity contribution in [3.05, 3.63) is 59.3 Å². The lowest BCUT2D eigenvalue weighted by molar-refractivity contribution is 0.459. The largest absolute Gasteiger partial charge is 0.357 e. The van der Waals surface area contributed by atoms with Gasteiger partial charge in [0.05, 0.1) is 0 Å². The predicted octanol–water partition coefficient (Wildman–Crippen LogP) is 4.05. The third-order valence-corrected chi connectivity index (χ3v) is 5.04. The Morgan fingerprint density at radius 3 is 2.63 bits per heavy atom. The van der Waals surface area contributed by atoms with E-state index in [-0.39, 0.29) is 24.0 Å². The van der Waals surface area contributed by atoms with E-state index in [0.717, 1.165) is 56.0 Å². The molecule has 1 aliphatic rings. The fourth-order valence-corrected chi connectivity index (χ4v) is 3.48. The molecule has 0 spiro atoms. The summed E-state index contributed by atoms with van der Waals surface area (Å²) in [5.74, 6) is 0.694. The topological polar surface area (TPSA) is 52.6 Å². The second-order valence-electron chi connectivity index (χ2n) is 7.29. The van der Waals surface area contributed by atoms with E-state index in [0.29, 0.717) is 24.6 Å². The molecule has 5 nitrogen and oxygen atoms in total. The zero-order valence-corrected chi connectivity index (χ0v) is 19.8. The van der Waals surface area contributed by atoms with Gasteiger partial charge in [-0.2, -0.15) is 0 Å². The highest BCUT2D eigenvalue weighted by molar-refractivity contribution is 14.0. The number of anilines is 1. The van der Waals surface area contributed by atoms with E-state index in [2.05, 4.69) is 31.6 Å². The maximum absolute atomic E-state index is 13.8. The van der Waals surface area contributed by atoms with Crippen LogP contribution >= 0.6 is 24.0 Å². The number of benzene rings is 1. The van der Waals surface area contributed by atoms with Gasteiger partial charge in [0.2, 0.25) is 0 Å². The lowest BCUT2D eigenvalue weighted by atomic mass is 10.1. The van der Waals surface area contributed by atoms with Crippen molar-refractivity contribution in [1.29, 1.82) is 0 Å². The van der Waals surface area contributed by atoms with Crippen molar-refractivity contribution in [3.63, 3.8) is 0 Å². The van der Waals surface area contributed by atoms with Crippen molar-refractivity contribution in [1.82, 2.24) is 15.6 Å². The van der Waals surface area contributed by atoms with Crippen LogP contribution in [-0.2, 0) is 6.42 Å². The molecule has 2 aromatic rings. The van der Waals surface area contributed by atoms with Gasteiger partial charge in [0, 0.05) is 44.0 Å². The van der Waals surface area contributed by atoms with Gasteiger partial charge in [0.25, 0.3) is 0 Å². The highest BCUT2D eigenvalue weighted by Gasteiger charge is 2.21. The van der Waals surface area contributed by atoms with Crippen LogP contribution in [0.15, 0.2) is 41.4 Å². The fourth-order valence-electron chi connectivity index (χ4n) is 3.48. The van der Waals surface area contributed by atoms with E-state index in [4.69, 9.17) is 0 Å². The Bertz CT molecular complexity index is 838. The van der Waals surface area contributed by atoms with Crippen LogP contribution in [0.3, 0.4) is 0 Å². The van der Waals surface area contributed by atoms with Crippen LogP contribution in [-0.4, -0.2) is 43.2 Å². The number of piperidine rings is 1. The number of aryl methyl sites for hydroxylation is 1. The molecule has 1 fully saturated rings. The number of nitrogens with zero attached hydrogens (tertiary/aromatic N) is 3. The molecular weight excluding hydrogens is 499 g/mol. The average Bonchev–Trinajstić information content (AvgIpc) is 2.70. The maximum Gasteiger partial charge on any atom is 0.191 e. The Labute approximate surface area is 194 Å². The average molecular weight is 529 g/mol. The van der Waals surface area contributed by atoms with Crippen molar-refractivity contribution in [2.75, 3.05) is 31.1 Å². The molecule has 0 bridgehead atoms. The first kappa shape index (κ1) is 24.3. The number of halogens is 3. The summed E-state index contributed by atoms with van der Waals surface area (Å²) in [4.78, 5) is 11.5. The molecule has 0 atom stereocenters. The number of hydrogen-bond acceptors (Lipinski definition) is 3. The molecule has 0 unspecified atom stereocenters. The monoisotopic (exact) mass is 529 g/mol. The van der Waals surface area contributed by atoms with E-state index in [1.165, 1.54) is 12.1 Å². The minimum Gasteiger partial charge on any atom is -0.357 e. The van der Waals surface area contributed by atoms with Crippen LogP contribution in [0.5, 0.6) is 0 Å². The SMILES string of the molecule is CCNC(=NCCc1ccc(F)cc1F)NC1CCN(c2cccc(C)n2)CC1.I. The first-order valence-corrected chi connectivity index (χ1v) is 10.2. The summed E-state index contributed by atoms with van der Waals surface area (Å²) in [6.45, 7) is 7.09. The molecule has 1 aromatic heterocycles. The van der Waals surface area contributed by atoms with Crippen LogP contribution in [0.25, 0.3) is 0 Å². The zero-order chi connectivity index (χ0) is 20.6. The highest BCUT2D eigenvalue weighted by Crippen LogP contribution is 2.18. The fraction of sp³-hybridized carbons (Fsp3) is 0.455. The summed E-state index contributed by atoms with van der Waals surface area (Å²) in [5.41, 5.74) is 1.51. The van der Waals surface area contributed by atoms with E-state index >= 15 is 0 Å². The van der Waals surface area contributed by atoms with Gasteiger partial charge in [-0.1, -0.05) is 12.1 Å². The third-order valence-electron chi connectivity index (χ3n) is 5.04. The summed E-state index contributed by atoms with van der Waals surface area (Å²) in [5, 5.41) is 6.74. The molecule has 8 heteroatoms. The van der Waals surface area contributed by atoms with Gasteiger partial charge in [-0.25, -0.2) is 13.8 Å². The molecule has 2 heterocycles. The first-order valence-electron chi connectivity index (χ1n) is 10.2. The van der Waals surface area contributed by atoms with E-state index in [1.54, 1.807) is 0 Å². The molecule has 0 amide bonds. The smallest absolute Gasteiger partial charge is 0.191 e. The minimum absolute atomic E-state index is 0. The quantitative estimate of drug-likeness (QED) is 0.337. The van der Waals surface area contributed by atoms with Gasteiger partial charge < -0.3 is 15.5 Å². The molecule has 0 saturated carbocycles. The van der Waals surface area contributed by atoms with Crippen LogP contribution in [0, 0.1) is 18.6 Å². The van der Waals surface area contributed by atoms with Crippen molar-refractivity contribution in [3.8, 4) is 0 Å². The van der Waals surface area contributed by atoms with Crippen molar-refractivity contribution >= 4 is 35.8 Å². The van der Waals surface area contributed by atoms with Gasteiger partial charge in [-0.15, -0.1) is 24.0 Å². The summed E-state index contributed by atoms with van der Waals surface area (Å²) in [6.07, 6.45) is 2.42. The Balaban J connectivity index is 0.00000320. The number of aromatic nitrogens is 1.